The molecule has 152 valence electrons. The maximum Gasteiger partial charge on any atom is 0.325 e. The quantitative estimate of drug-likeness (QED) is 0.667. The Morgan fingerprint density at radius 1 is 1.07 bits per heavy atom. The topological polar surface area (TPSA) is 97.0 Å². The lowest BCUT2D eigenvalue weighted by atomic mass is 10.1. The van der Waals surface area contributed by atoms with Gasteiger partial charge in [0.05, 0.1) is 20.8 Å². The first kappa shape index (κ1) is 20.2. The number of rotatable bonds is 8. The van der Waals surface area contributed by atoms with E-state index in [4.69, 9.17) is 9.47 Å². The van der Waals surface area contributed by atoms with Gasteiger partial charge in [0.2, 0.25) is 5.91 Å². The van der Waals surface area contributed by atoms with Crippen molar-refractivity contribution in [1.82, 2.24) is 10.2 Å². The number of hydrogen-bond acceptors (Lipinski definition) is 5. The van der Waals surface area contributed by atoms with Crippen LogP contribution < -0.4 is 20.1 Å². The van der Waals surface area contributed by atoms with Crippen molar-refractivity contribution in [1.29, 1.82) is 0 Å². The molecule has 8 nitrogen and oxygen atoms in total. The lowest BCUT2D eigenvalue weighted by molar-refractivity contribution is -0.128. The molecule has 0 spiro atoms. The zero-order valence-corrected chi connectivity index (χ0v) is 16.3. The largest absolute Gasteiger partial charge is 0.497 e. The number of methoxy groups -OCH3 is 2. The highest BCUT2D eigenvalue weighted by Gasteiger charge is 2.37. The molecule has 0 aliphatic carbocycles. The van der Waals surface area contributed by atoms with Crippen molar-refractivity contribution >= 4 is 23.5 Å². The summed E-state index contributed by atoms with van der Waals surface area (Å²) in [6.07, 6.45) is 0.290. The van der Waals surface area contributed by atoms with Gasteiger partial charge in [-0.3, -0.25) is 14.5 Å². The molecule has 0 aromatic heterocycles. The molecule has 0 saturated carbocycles. The number of urea groups is 1. The van der Waals surface area contributed by atoms with Crippen LogP contribution in [0.1, 0.15) is 18.4 Å². The normalized spacial score (nSPS) is 15.8. The van der Waals surface area contributed by atoms with Crippen molar-refractivity contribution in [3.63, 3.8) is 0 Å². The van der Waals surface area contributed by atoms with Crippen LogP contribution in [0.2, 0.25) is 0 Å². The predicted octanol–water partition coefficient (Wildman–Crippen LogP) is 2.54. The van der Waals surface area contributed by atoms with Crippen LogP contribution in [0.5, 0.6) is 11.5 Å². The summed E-state index contributed by atoms with van der Waals surface area (Å²) >= 11 is 0. The lowest BCUT2D eigenvalue weighted by Gasteiger charge is -2.13. The van der Waals surface area contributed by atoms with Crippen LogP contribution in [0.25, 0.3) is 0 Å². The fourth-order valence-electron chi connectivity index (χ4n) is 3.07. The van der Waals surface area contributed by atoms with E-state index in [-0.39, 0.29) is 31.2 Å². The highest BCUT2D eigenvalue weighted by atomic mass is 16.5. The maximum absolute atomic E-state index is 12.5. The summed E-state index contributed by atoms with van der Waals surface area (Å²) in [5.41, 5.74) is 1.39. The Kier molecular flexibility index (Phi) is 6.33. The molecule has 29 heavy (non-hydrogen) atoms. The van der Waals surface area contributed by atoms with E-state index in [2.05, 4.69) is 10.6 Å². The Labute approximate surface area is 168 Å². The molecule has 1 aliphatic rings. The fraction of sp³-hybridized carbons (Fsp3) is 0.286. The highest BCUT2D eigenvalue weighted by molar-refractivity contribution is 6.04. The molecule has 4 amide bonds. The molecule has 8 heteroatoms. The number of benzene rings is 2. The van der Waals surface area contributed by atoms with Gasteiger partial charge >= 0.3 is 6.03 Å². The van der Waals surface area contributed by atoms with Crippen LogP contribution in [0.15, 0.2) is 48.5 Å². The first-order valence-corrected chi connectivity index (χ1v) is 9.19. The van der Waals surface area contributed by atoms with Crippen LogP contribution in [-0.2, 0) is 16.1 Å². The molecule has 2 N–H and O–H groups in total. The first-order chi connectivity index (χ1) is 14.0. The van der Waals surface area contributed by atoms with E-state index < -0.39 is 12.1 Å². The van der Waals surface area contributed by atoms with Crippen LogP contribution in [0.3, 0.4) is 0 Å². The number of anilines is 1. The summed E-state index contributed by atoms with van der Waals surface area (Å²) in [6, 6.07) is 13.2. The van der Waals surface area contributed by atoms with Crippen molar-refractivity contribution in [3.8, 4) is 11.5 Å². The number of nitrogens with zero attached hydrogens (tertiary/aromatic N) is 1. The third kappa shape index (κ3) is 5.04. The van der Waals surface area contributed by atoms with E-state index in [1.54, 1.807) is 18.2 Å². The Morgan fingerprint density at radius 2 is 1.72 bits per heavy atom. The smallest absolute Gasteiger partial charge is 0.325 e. The van der Waals surface area contributed by atoms with E-state index in [0.717, 1.165) is 5.56 Å². The second-order valence-corrected chi connectivity index (χ2v) is 6.60. The molecule has 0 unspecified atom stereocenters. The van der Waals surface area contributed by atoms with Crippen LogP contribution >= 0.6 is 0 Å². The summed E-state index contributed by atoms with van der Waals surface area (Å²) in [7, 11) is 3.05. The van der Waals surface area contributed by atoms with Crippen LogP contribution in [0, 0.1) is 0 Å². The van der Waals surface area contributed by atoms with Gasteiger partial charge in [-0.05, 0) is 12.0 Å². The Bertz CT molecular complexity index is 878. The fourth-order valence-corrected chi connectivity index (χ4v) is 3.07. The van der Waals surface area contributed by atoms with Gasteiger partial charge in [0.15, 0.2) is 0 Å². The molecule has 2 aromatic rings. The summed E-state index contributed by atoms with van der Waals surface area (Å²) in [5, 5.41) is 5.40. The number of amides is 4. The molecule has 1 fully saturated rings. The number of ether oxygens (including phenoxy) is 2. The van der Waals surface area contributed by atoms with E-state index >= 15 is 0 Å². The second kappa shape index (κ2) is 9.09. The number of carbonyl (C=O) groups is 3. The van der Waals surface area contributed by atoms with Gasteiger partial charge in [0.1, 0.15) is 17.5 Å². The summed E-state index contributed by atoms with van der Waals surface area (Å²) in [6.45, 7) is 0.206. The van der Waals surface area contributed by atoms with E-state index in [1.807, 2.05) is 30.3 Å². The van der Waals surface area contributed by atoms with E-state index in [1.165, 1.54) is 19.1 Å². The van der Waals surface area contributed by atoms with Gasteiger partial charge in [-0.25, -0.2) is 4.79 Å². The predicted molar refractivity (Wildman–Crippen MR) is 107 cm³/mol. The van der Waals surface area contributed by atoms with E-state index in [9.17, 15) is 14.4 Å². The molecule has 1 heterocycles. The zero-order chi connectivity index (χ0) is 20.8. The van der Waals surface area contributed by atoms with Crippen molar-refractivity contribution in [3.05, 3.63) is 54.1 Å². The molecule has 2 aromatic carbocycles. The Hall–Kier alpha value is -3.55. The van der Waals surface area contributed by atoms with Crippen molar-refractivity contribution < 1.29 is 23.9 Å². The number of imide groups is 1. The Balaban J connectivity index is 1.55. The van der Waals surface area contributed by atoms with Gasteiger partial charge < -0.3 is 20.1 Å². The van der Waals surface area contributed by atoms with Gasteiger partial charge in [0, 0.05) is 30.3 Å². The second-order valence-electron chi connectivity index (χ2n) is 6.60. The Morgan fingerprint density at radius 3 is 2.34 bits per heavy atom. The minimum Gasteiger partial charge on any atom is -0.497 e. The third-order valence-electron chi connectivity index (χ3n) is 4.59. The standard InChI is InChI=1S/C21H23N3O5/c1-28-16-10-15(11-17(12-16)29-2)22-19(25)9-8-18-20(26)24(21(27)23-18)13-14-6-4-3-5-7-14/h3-7,10-12,18H,8-9,13H2,1-2H3,(H,22,25)(H,23,27)/t18-/m0/s1. The van der Waals surface area contributed by atoms with E-state index in [0.29, 0.717) is 17.2 Å². The molecule has 0 radical (unpaired) electrons. The SMILES string of the molecule is COc1cc(NC(=O)CC[C@@H]2NC(=O)N(Cc3ccccc3)C2=O)cc(OC)c1. The molecular weight excluding hydrogens is 374 g/mol. The van der Waals surface area contributed by atoms with Crippen molar-refractivity contribution in [2.45, 2.75) is 25.4 Å². The molecule has 3 rings (SSSR count). The monoisotopic (exact) mass is 397 g/mol. The first-order valence-electron chi connectivity index (χ1n) is 9.19. The molecule has 0 bridgehead atoms. The lowest BCUT2D eigenvalue weighted by Crippen LogP contribution is -2.31. The highest BCUT2D eigenvalue weighted by Crippen LogP contribution is 2.26. The number of nitrogens with one attached hydrogen (secondary N) is 2. The number of carbonyl (C=O) groups excluding carboxylic acids is 3. The molecule has 1 saturated heterocycles. The van der Waals surface area contributed by atoms with Gasteiger partial charge in [-0.1, -0.05) is 30.3 Å². The maximum atomic E-state index is 12.5. The zero-order valence-electron chi connectivity index (χ0n) is 16.3. The van der Waals surface area contributed by atoms with Crippen LogP contribution in [0.4, 0.5) is 10.5 Å². The summed E-state index contributed by atoms with van der Waals surface area (Å²) in [5.74, 6) is 0.502. The van der Waals surface area contributed by atoms with Crippen molar-refractivity contribution in [2.24, 2.45) is 0 Å². The minimum absolute atomic E-state index is 0.0788. The van der Waals surface area contributed by atoms with Crippen LogP contribution in [-0.4, -0.2) is 43.0 Å². The van der Waals surface area contributed by atoms with Gasteiger partial charge in [-0.2, -0.15) is 0 Å². The number of hydrogen-bond donors (Lipinski definition) is 2. The van der Waals surface area contributed by atoms with Gasteiger partial charge in [-0.15, -0.1) is 0 Å². The average Bonchev–Trinajstić information content (AvgIpc) is 3.00. The third-order valence-corrected chi connectivity index (χ3v) is 4.59. The molecule has 1 atom stereocenters. The van der Waals surface area contributed by atoms with Gasteiger partial charge in [0.25, 0.3) is 5.91 Å². The minimum atomic E-state index is -0.711. The molecule has 1 aliphatic heterocycles. The van der Waals surface area contributed by atoms with Crippen molar-refractivity contribution in [2.75, 3.05) is 19.5 Å². The molecular formula is C21H23N3O5. The summed E-state index contributed by atoms with van der Waals surface area (Å²) < 4.78 is 10.4. The average molecular weight is 397 g/mol. The summed E-state index contributed by atoms with van der Waals surface area (Å²) in [4.78, 5) is 38.1.